The molecule has 0 aromatic heterocycles. The number of amides is 1. The predicted octanol–water partition coefficient (Wildman–Crippen LogP) is 12.3. The summed E-state index contributed by atoms with van der Waals surface area (Å²) in [6.07, 6.45) is 47.7. The van der Waals surface area contributed by atoms with E-state index in [9.17, 15) is 40.5 Å². The molecule has 0 aliphatic carbocycles. The Kier molecular flexibility index (Phi) is 45.8. The highest BCUT2D eigenvalue weighted by molar-refractivity contribution is 5.80. The maximum atomic E-state index is 13.2. The smallest absolute Gasteiger partial charge is 0.249 e. The summed E-state index contributed by atoms with van der Waals surface area (Å²) in [6.45, 7) is 3.46. The maximum absolute atomic E-state index is 13.2. The van der Waals surface area contributed by atoms with Crippen LogP contribution < -0.4 is 5.32 Å². The fourth-order valence-corrected chi connectivity index (χ4v) is 9.36. The molecule has 9 atom stereocenters. The van der Waals surface area contributed by atoms with Gasteiger partial charge in [0.25, 0.3) is 0 Å². The average Bonchev–Trinajstić information content (AvgIpc) is 3.36. The molecule has 0 saturated carbocycles. The number of aliphatic hydroxyl groups excluding tert-OH is 7. The SMILES string of the molecule is CCCCCCCCCCCCCCC/C=C/CC/C=C/CC/C=C/CCCC(O)C(O)C(COC1OC(CO)C(O)C(O)C1O)NC(=O)C(O)CCCCCCCCCCCCCCCCCCC. The molecule has 0 radical (unpaired) electrons. The van der Waals surface area contributed by atoms with Crippen LogP contribution in [0.4, 0.5) is 0 Å². The van der Waals surface area contributed by atoms with Gasteiger partial charge in [-0.25, -0.2) is 0 Å². The van der Waals surface area contributed by atoms with Crippen LogP contribution in [-0.4, -0.2) is 110 Å². The lowest BCUT2D eigenvalue weighted by atomic mass is 9.98. The fourth-order valence-electron chi connectivity index (χ4n) is 9.36. The minimum atomic E-state index is -1.67. The normalized spacial score (nSPS) is 20.5. The minimum Gasteiger partial charge on any atom is -0.394 e. The van der Waals surface area contributed by atoms with Crippen molar-refractivity contribution < 1.29 is 50.0 Å². The van der Waals surface area contributed by atoms with E-state index < -0.39 is 74.2 Å². The van der Waals surface area contributed by atoms with Gasteiger partial charge in [0, 0.05) is 0 Å². The van der Waals surface area contributed by atoms with Gasteiger partial charge < -0.3 is 50.5 Å². The van der Waals surface area contributed by atoms with Crippen molar-refractivity contribution in [1.29, 1.82) is 0 Å². The van der Waals surface area contributed by atoms with Gasteiger partial charge in [0.1, 0.15) is 36.6 Å². The fraction of sp³-hybridized carbons (Fsp3) is 0.881. The molecular weight excluding hydrogens is 883 g/mol. The summed E-state index contributed by atoms with van der Waals surface area (Å²) in [5, 5.41) is 76.1. The van der Waals surface area contributed by atoms with Crippen LogP contribution in [0.1, 0.15) is 264 Å². The molecule has 1 rings (SSSR count). The Morgan fingerprint density at radius 2 is 0.857 bits per heavy atom. The maximum Gasteiger partial charge on any atom is 0.249 e. The molecule has 8 N–H and O–H groups in total. The van der Waals surface area contributed by atoms with Gasteiger partial charge in [-0.15, -0.1) is 0 Å². The lowest BCUT2D eigenvalue weighted by Crippen LogP contribution is -2.60. The van der Waals surface area contributed by atoms with E-state index in [-0.39, 0.29) is 12.8 Å². The third-order valence-corrected chi connectivity index (χ3v) is 14.2. The van der Waals surface area contributed by atoms with Crippen molar-refractivity contribution in [2.45, 2.75) is 319 Å². The second-order valence-electron chi connectivity index (χ2n) is 20.7. The highest BCUT2D eigenvalue weighted by Gasteiger charge is 2.44. The number of aliphatic hydroxyl groups is 7. The Morgan fingerprint density at radius 3 is 1.27 bits per heavy atom. The van der Waals surface area contributed by atoms with Crippen molar-refractivity contribution in [3.8, 4) is 0 Å². The number of carbonyl (C=O) groups excluding carboxylic acids is 1. The van der Waals surface area contributed by atoms with Gasteiger partial charge in [-0.2, -0.15) is 0 Å². The first kappa shape index (κ1) is 66.3. The number of carbonyl (C=O) groups is 1. The zero-order valence-corrected chi connectivity index (χ0v) is 45.0. The lowest BCUT2D eigenvalue weighted by Gasteiger charge is -2.40. The number of unbranched alkanes of at least 4 members (excludes halogenated alkanes) is 32. The number of ether oxygens (including phenoxy) is 2. The molecule has 1 aliphatic heterocycles. The topological polar surface area (TPSA) is 189 Å². The molecule has 70 heavy (non-hydrogen) atoms. The van der Waals surface area contributed by atoms with E-state index in [1.54, 1.807) is 0 Å². The van der Waals surface area contributed by atoms with E-state index in [1.807, 2.05) is 0 Å². The molecule has 1 fully saturated rings. The summed E-state index contributed by atoms with van der Waals surface area (Å²) in [7, 11) is 0. The molecule has 11 heteroatoms. The van der Waals surface area contributed by atoms with Gasteiger partial charge in [-0.1, -0.05) is 237 Å². The van der Waals surface area contributed by atoms with Gasteiger partial charge in [0.05, 0.1) is 25.4 Å². The standard InChI is InChI=1S/C59H111NO10/c1-3-5-7-9-11-13-15-17-19-21-22-23-24-25-26-27-28-29-31-32-34-36-38-40-42-44-46-51(62)54(64)50(49-69-59-57(67)56(66)55(65)53(48-61)70-59)60-58(68)52(63)47-45-43-41-39-37-35-33-30-20-18-16-14-12-10-8-6-4-2/h26-27,31-32,38,40,50-57,59,61-67H,3-25,28-30,33-37,39,41-49H2,1-2H3,(H,60,68)/b27-26+,32-31+,40-38+. The molecule has 1 amide bonds. The van der Waals surface area contributed by atoms with E-state index in [2.05, 4.69) is 55.6 Å². The van der Waals surface area contributed by atoms with E-state index >= 15 is 0 Å². The highest BCUT2D eigenvalue weighted by atomic mass is 16.7. The van der Waals surface area contributed by atoms with E-state index in [0.717, 1.165) is 44.9 Å². The first-order chi connectivity index (χ1) is 34.2. The van der Waals surface area contributed by atoms with Gasteiger partial charge >= 0.3 is 0 Å². The van der Waals surface area contributed by atoms with Crippen LogP contribution in [0, 0.1) is 0 Å². The molecule has 0 aromatic carbocycles. The quantitative estimate of drug-likeness (QED) is 0.0215. The highest BCUT2D eigenvalue weighted by Crippen LogP contribution is 2.23. The van der Waals surface area contributed by atoms with Crippen molar-refractivity contribution in [3.63, 3.8) is 0 Å². The second-order valence-corrected chi connectivity index (χ2v) is 20.7. The number of nitrogens with one attached hydrogen (secondary N) is 1. The first-order valence-electron chi connectivity index (χ1n) is 29.4. The third-order valence-electron chi connectivity index (χ3n) is 14.2. The van der Waals surface area contributed by atoms with E-state index in [4.69, 9.17) is 9.47 Å². The van der Waals surface area contributed by atoms with Crippen LogP contribution in [0.5, 0.6) is 0 Å². The predicted molar refractivity (Wildman–Crippen MR) is 289 cm³/mol. The largest absolute Gasteiger partial charge is 0.394 e. The number of rotatable bonds is 50. The Bertz CT molecular complexity index is 1230. The summed E-state index contributed by atoms with van der Waals surface area (Å²) in [4.78, 5) is 13.2. The summed E-state index contributed by atoms with van der Waals surface area (Å²) in [5.74, 6) is -0.709. The van der Waals surface area contributed by atoms with Gasteiger partial charge in [0.2, 0.25) is 5.91 Å². The third kappa shape index (κ3) is 36.3. The molecule has 0 aromatic rings. The monoisotopic (exact) mass is 994 g/mol. The zero-order chi connectivity index (χ0) is 51.1. The van der Waals surface area contributed by atoms with Crippen molar-refractivity contribution in [1.82, 2.24) is 5.32 Å². The summed E-state index contributed by atoms with van der Waals surface area (Å²) >= 11 is 0. The van der Waals surface area contributed by atoms with Crippen LogP contribution in [-0.2, 0) is 14.3 Å². The number of hydrogen-bond acceptors (Lipinski definition) is 10. The molecule has 0 bridgehead atoms. The van der Waals surface area contributed by atoms with Crippen molar-refractivity contribution in [2.24, 2.45) is 0 Å². The second kappa shape index (κ2) is 48.3. The Morgan fingerprint density at radius 1 is 0.486 bits per heavy atom. The van der Waals surface area contributed by atoms with Crippen molar-refractivity contribution in [2.75, 3.05) is 13.2 Å². The van der Waals surface area contributed by atoms with Gasteiger partial charge in [-0.05, 0) is 64.2 Å². The molecule has 11 nitrogen and oxygen atoms in total. The van der Waals surface area contributed by atoms with Crippen LogP contribution in [0.2, 0.25) is 0 Å². The van der Waals surface area contributed by atoms with Crippen LogP contribution in [0.15, 0.2) is 36.5 Å². The van der Waals surface area contributed by atoms with Crippen molar-refractivity contribution >= 4 is 5.91 Å². The van der Waals surface area contributed by atoms with Gasteiger partial charge in [-0.3, -0.25) is 4.79 Å². The number of hydrogen-bond donors (Lipinski definition) is 8. The minimum absolute atomic E-state index is 0.243. The molecule has 0 spiro atoms. The summed E-state index contributed by atoms with van der Waals surface area (Å²) < 4.78 is 11.1. The zero-order valence-electron chi connectivity index (χ0n) is 45.0. The molecule has 1 aliphatic rings. The Labute approximate surface area is 428 Å². The van der Waals surface area contributed by atoms with E-state index in [0.29, 0.717) is 19.3 Å². The molecule has 1 heterocycles. The molecule has 1 saturated heterocycles. The molecule has 412 valence electrons. The van der Waals surface area contributed by atoms with Crippen LogP contribution in [0.3, 0.4) is 0 Å². The number of allylic oxidation sites excluding steroid dienone is 6. The molecule has 9 unspecified atom stereocenters. The summed E-state index contributed by atoms with van der Waals surface area (Å²) in [6, 6.07) is -1.19. The Balaban J connectivity index is 2.34. The Hall–Kier alpha value is -1.67. The first-order valence-corrected chi connectivity index (χ1v) is 29.4. The lowest BCUT2D eigenvalue weighted by molar-refractivity contribution is -0.303. The van der Waals surface area contributed by atoms with Crippen molar-refractivity contribution in [3.05, 3.63) is 36.5 Å². The van der Waals surface area contributed by atoms with Crippen LogP contribution in [0.25, 0.3) is 0 Å². The van der Waals surface area contributed by atoms with Crippen LogP contribution >= 0.6 is 0 Å². The summed E-state index contributed by atoms with van der Waals surface area (Å²) in [5.41, 5.74) is 0. The average molecular weight is 995 g/mol. The van der Waals surface area contributed by atoms with Gasteiger partial charge in [0.15, 0.2) is 6.29 Å². The molecular formula is C59H111NO10. The van der Waals surface area contributed by atoms with E-state index in [1.165, 1.54) is 173 Å².